The fourth-order valence-corrected chi connectivity index (χ4v) is 2.96. The first-order chi connectivity index (χ1) is 13.4. The molecule has 3 aromatic carbocycles. The molecule has 144 valence electrons. The summed E-state index contributed by atoms with van der Waals surface area (Å²) in [5.74, 6) is 0.326. The molecule has 0 heterocycles. The van der Waals surface area contributed by atoms with Crippen LogP contribution in [0.25, 0.3) is 0 Å². The molecule has 3 aromatic rings. The molecule has 0 atom stereocenters. The minimum atomic E-state index is -0.391. The number of benzene rings is 3. The average molecular weight is 419 g/mol. The third-order valence-electron chi connectivity index (χ3n) is 3.81. The SMILES string of the molecule is CC(=O)Nc1ccc(CNc2cc(F)ccc2Oc2ccc(Cl)cc2Cl)cc1. The largest absolute Gasteiger partial charge is 0.454 e. The number of ether oxygens (including phenoxy) is 1. The maximum absolute atomic E-state index is 13.7. The first-order valence-electron chi connectivity index (χ1n) is 8.43. The Labute approximate surface area is 172 Å². The summed E-state index contributed by atoms with van der Waals surface area (Å²) in [4.78, 5) is 11.1. The molecule has 0 aliphatic rings. The quantitative estimate of drug-likeness (QED) is 0.480. The Balaban J connectivity index is 1.74. The van der Waals surface area contributed by atoms with Gasteiger partial charge in [-0.05, 0) is 48.0 Å². The van der Waals surface area contributed by atoms with Crippen LogP contribution in [-0.4, -0.2) is 5.91 Å². The zero-order chi connectivity index (χ0) is 20.1. The van der Waals surface area contributed by atoms with Gasteiger partial charge >= 0.3 is 0 Å². The van der Waals surface area contributed by atoms with Crippen LogP contribution in [0, 0.1) is 5.82 Å². The molecule has 0 bridgehead atoms. The van der Waals surface area contributed by atoms with Crippen molar-refractivity contribution in [3.05, 3.63) is 82.1 Å². The van der Waals surface area contributed by atoms with Crippen molar-refractivity contribution in [3.63, 3.8) is 0 Å². The summed E-state index contributed by atoms with van der Waals surface area (Å²) in [5, 5.41) is 6.72. The standard InChI is InChI=1S/C21H17Cl2FN2O2/c1-13(27)26-17-6-2-14(3-7-17)12-25-19-11-16(24)5-9-21(19)28-20-8-4-15(22)10-18(20)23/h2-11,25H,12H2,1H3,(H,26,27). The van der Waals surface area contributed by atoms with E-state index in [9.17, 15) is 9.18 Å². The van der Waals surface area contributed by atoms with E-state index in [2.05, 4.69) is 10.6 Å². The molecular formula is C21H17Cl2FN2O2. The van der Waals surface area contributed by atoms with Gasteiger partial charge < -0.3 is 15.4 Å². The molecule has 7 heteroatoms. The topological polar surface area (TPSA) is 50.4 Å². The maximum Gasteiger partial charge on any atom is 0.221 e. The van der Waals surface area contributed by atoms with Gasteiger partial charge in [-0.2, -0.15) is 0 Å². The van der Waals surface area contributed by atoms with Crippen LogP contribution >= 0.6 is 23.2 Å². The van der Waals surface area contributed by atoms with E-state index in [1.165, 1.54) is 25.1 Å². The minimum absolute atomic E-state index is 0.131. The van der Waals surface area contributed by atoms with E-state index in [0.717, 1.165) is 5.56 Å². The number of nitrogens with one attached hydrogen (secondary N) is 2. The Morgan fingerprint density at radius 2 is 1.71 bits per heavy atom. The second-order valence-corrected chi connectivity index (χ2v) is 6.89. The molecule has 4 nitrogen and oxygen atoms in total. The van der Waals surface area contributed by atoms with E-state index >= 15 is 0 Å². The van der Waals surface area contributed by atoms with Gasteiger partial charge in [-0.1, -0.05) is 35.3 Å². The van der Waals surface area contributed by atoms with E-state index < -0.39 is 5.82 Å². The number of halogens is 3. The molecule has 0 aromatic heterocycles. The summed E-state index contributed by atoms with van der Waals surface area (Å²) in [6, 6.07) is 16.4. The number of carbonyl (C=O) groups is 1. The van der Waals surface area contributed by atoms with Gasteiger partial charge in [0.05, 0.1) is 10.7 Å². The van der Waals surface area contributed by atoms with E-state index in [1.54, 1.807) is 30.3 Å². The number of amides is 1. The van der Waals surface area contributed by atoms with Crippen LogP contribution in [0.15, 0.2) is 60.7 Å². The molecular weight excluding hydrogens is 402 g/mol. The number of hydrogen-bond donors (Lipinski definition) is 2. The van der Waals surface area contributed by atoms with Crippen molar-refractivity contribution in [3.8, 4) is 11.5 Å². The molecule has 0 unspecified atom stereocenters. The molecule has 1 amide bonds. The van der Waals surface area contributed by atoms with Gasteiger partial charge in [0.25, 0.3) is 0 Å². The lowest BCUT2D eigenvalue weighted by Crippen LogP contribution is -2.06. The Morgan fingerprint density at radius 1 is 1.00 bits per heavy atom. The predicted octanol–water partition coefficient (Wildman–Crippen LogP) is 6.50. The molecule has 0 saturated carbocycles. The van der Waals surface area contributed by atoms with Crippen molar-refractivity contribution < 1.29 is 13.9 Å². The normalized spacial score (nSPS) is 10.4. The molecule has 0 spiro atoms. The zero-order valence-electron chi connectivity index (χ0n) is 14.9. The molecule has 0 aliphatic heterocycles. The molecule has 28 heavy (non-hydrogen) atoms. The summed E-state index contributed by atoms with van der Waals surface area (Å²) in [6.45, 7) is 1.89. The highest BCUT2D eigenvalue weighted by Crippen LogP contribution is 2.35. The van der Waals surface area contributed by atoms with Gasteiger partial charge in [0.15, 0.2) is 5.75 Å². The number of anilines is 2. The second-order valence-electron chi connectivity index (χ2n) is 6.05. The van der Waals surface area contributed by atoms with Gasteiger partial charge in [0, 0.05) is 30.2 Å². The third-order valence-corrected chi connectivity index (χ3v) is 4.34. The van der Waals surface area contributed by atoms with Gasteiger partial charge in [-0.25, -0.2) is 4.39 Å². The molecule has 0 radical (unpaired) electrons. The first kappa shape index (κ1) is 20.0. The van der Waals surface area contributed by atoms with Crippen LogP contribution in [0.4, 0.5) is 15.8 Å². The Bertz CT molecular complexity index is 994. The second kappa shape index (κ2) is 8.95. The van der Waals surface area contributed by atoms with Crippen LogP contribution in [0.2, 0.25) is 10.0 Å². The highest BCUT2D eigenvalue weighted by molar-refractivity contribution is 6.35. The van der Waals surface area contributed by atoms with Crippen LogP contribution in [0.1, 0.15) is 12.5 Å². The lowest BCUT2D eigenvalue weighted by molar-refractivity contribution is -0.114. The Hall–Kier alpha value is -2.76. The van der Waals surface area contributed by atoms with E-state index in [-0.39, 0.29) is 5.91 Å². The summed E-state index contributed by atoms with van der Waals surface area (Å²) in [6.07, 6.45) is 0. The number of carbonyl (C=O) groups excluding carboxylic acids is 1. The smallest absolute Gasteiger partial charge is 0.221 e. The van der Waals surface area contributed by atoms with Gasteiger partial charge in [-0.3, -0.25) is 4.79 Å². The van der Waals surface area contributed by atoms with Crippen LogP contribution in [-0.2, 0) is 11.3 Å². The Kier molecular flexibility index (Phi) is 6.39. The molecule has 0 saturated heterocycles. The van der Waals surface area contributed by atoms with Gasteiger partial charge in [-0.15, -0.1) is 0 Å². The lowest BCUT2D eigenvalue weighted by Gasteiger charge is -2.14. The third kappa shape index (κ3) is 5.38. The summed E-state index contributed by atoms with van der Waals surface area (Å²) < 4.78 is 19.6. The van der Waals surface area contributed by atoms with Crippen molar-refractivity contribution in [2.24, 2.45) is 0 Å². The minimum Gasteiger partial charge on any atom is -0.454 e. The Morgan fingerprint density at radius 3 is 2.39 bits per heavy atom. The van der Waals surface area contributed by atoms with Crippen molar-refractivity contribution >= 4 is 40.5 Å². The van der Waals surface area contributed by atoms with Crippen molar-refractivity contribution in [1.29, 1.82) is 0 Å². The monoisotopic (exact) mass is 418 g/mol. The first-order valence-corrected chi connectivity index (χ1v) is 9.19. The highest BCUT2D eigenvalue weighted by Gasteiger charge is 2.10. The molecule has 3 rings (SSSR count). The molecule has 0 fully saturated rings. The van der Waals surface area contributed by atoms with Crippen LogP contribution in [0.5, 0.6) is 11.5 Å². The summed E-state index contributed by atoms with van der Waals surface area (Å²) in [5.41, 5.74) is 2.15. The van der Waals surface area contributed by atoms with Crippen molar-refractivity contribution in [2.45, 2.75) is 13.5 Å². The highest BCUT2D eigenvalue weighted by atomic mass is 35.5. The van der Waals surface area contributed by atoms with E-state index in [1.807, 2.05) is 12.1 Å². The zero-order valence-corrected chi connectivity index (χ0v) is 16.4. The fraction of sp³-hybridized carbons (Fsp3) is 0.0952. The summed E-state index contributed by atoms with van der Waals surface area (Å²) >= 11 is 12.1. The molecule has 2 N–H and O–H groups in total. The van der Waals surface area contributed by atoms with Crippen molar-refractivity contribution in [1.82, 2.24) is 0 Å². The van der Waals surface area contributed by atoms with Gasteiger partial charge in [0.1, 0.15) is 11.6 Å². The number of hydrogen-bond acceptors (Lipinski definition) is 3. The van der Waals surface area contributed by atoms with E-state index in [0.29, 0.717) is 39.5 Å². The predicted molar refractivity (Wildman–Crippen MR) is 111 cm³/mol. The van der Waals surface area contributed by atoms with E-state index in [4.69, 9.17) is 27.9 Å². The molecule has 0 aliphatic carbocycles. The lowest BCUT2D eigenvalue weighted by atomic mass is 10.2. The fourth-order valence-electron chi connectivity index (χ4n) is 2.51. The maximum atomic E-state index is 13.7. The number of rotatable bonds is 6. The average Bonchev–Trinajstić information content (AvgIpc) is 2.64. The van der Waals surface area contributed by atoms with Crippen LogP contribution < -0.4 is 15.4 Å². The van der Waals surface area contributed by atoms with Gasteiger partial charge in [0.2, 0.25) is 5.91 Å². The van der Waals surface area contributed by atoms with Crippen LogP contribution in [0.3, 0.4) is 0 Å². The van der Waals surface area contributed by atoms with Crippen molar-refractivity contribution in [2.75, 3.05) is 10.6 Å². The summed E-state index contributed by atoms with van der Waals surface area (Å²) in [7, 11) is 0.